The van der Waals surface area contributed by atoms with Crippen molar-refractivity contribution in [1.29, 1.82) is 0 Å². The summed E-state index contributed by atoms with van der Waals surface area (Å²) in [5.74, 6) is 0.0969. The first-order chi connectivity index (χ1) is 9.13. The van der Waals surface area contributed by atoms with Gasteiger partial charge in [-0.2, -0.15) is 0 Å². The molecular weight excluding hydrogens is 248 g/mol. The lowest BCUT2D eigenvalue weighted by Gasteiger charge is -2.27. The number of nitrogens with two attached hydrogens (primary N) is 1. The highest BCUT2D eigenvalue weighted by Crippen LogP contribution is 2.04. The Morgan fingerprint density at radius 1 is 0.947 bits per heavy atom. The molecule has 1 atom stereocenters. The van der Waals surface area contributed by atoms with Crippen LogP contribution in [0.3, 0.4) is 0 Å². The number of ether oxygens (including phenoxy) is 3. The van der Waals surface area contributed by atoms with Gasteiger partial charge < -0.3 is 24.8 Å². The first kappa shape index (κ1) is 16.4. The minimum Gasteiger partial charge on any atom is -0.377 e. The highest BCUT2D eigenvalue weighted by molar-refractivity contribution is 5.81. The van der Waals surface area contributed by atoms with Crippen LogP contribution < -0.4 is 5.73 Å². The Bertz CT molecular complexity index is 249. The Labute approximate surface area is 115 Å². The molecule has 1 fully saturated rings. The topological polar surface area (TPSA) is 74.0 Å². The zero-order valence-electron chi connectivity index (χ0n) is 12.0. The van der Waals surface area contributed by atoms with E-state index in [4.69, 9.17) is 19.9 Å². The minimum absolute atomic E-state index is 0.0319. The molecule has 1 aliphatic heterocycles. The van der Waals surface area contributed by atoms with Crippen LogP contribution in [0, 0.1) is 5.92 Å². The molecule has 0 aliphatic carbocycles. The van der Waals surface area contributed by atoms with Crippen LogP contribution in [0.25, 0.3) is 0 Å². The number of hydrogen-bond donors (Lipinski definition) is 1. The Morgan fingerprint density at radius 2 is 1.37 bits per heavy atom. The lowest BCUT2D eigenvalue weighted by atomic mass is 10.0. The molecule has 0 bridgehead atoms. The highest BCUT2D eigenvalue weighted by Gasteiger charge is 2.23. The molecule has 1 saturated heterocycles. The summed E-state index contributed by atoms with van der Waals surface area (Å²) in [4.78, 5) is 14.0. The molecule has 19 heavy (non-hydrogen) atoms. The Balaban J connectivity index is 2.48. The van der Waals surface area contributed by atoms with Gasteiger partial charge >= 0.3 is 0 Å². The summed E-state index contributed by atoms with van der Waals surface area (Å²) in [5, 5.41) is 0. The number of carbonyl (C=O) groups excluding carboxylic acids is 1. The average molecular weight is 274 g/mol. The summed E-state index contributed by atoms with van der Waals surface area (Å²) in [5.41, 5.74) is 5.91. The van der Waals surface area contributed by atoms with E-state index in [0.717, 1.165) is 0 Å². The largest absolute Gasteiger partial charge is 0.377 e. The lowest BCUT2D eigenvalue weighted by molar-refractivity contribution is -0.135. The standard InChI is InChI=1S/C13H26N2O4/c1-11(2)12(14)13(16)15-3-5-17-7-9-19-10-8-18-6-4-15/h11-12H,3-10,14H2,1-2H3/t12-/m0/s1. The van der Waals surface area contributed by atoms with Crippen LogP contribution in [-0.4, -0.2) is 69.6 Å². The van der Waals surface area contributed by atoms with Crippen molar-refractivity contribution in [1.82, 2.24) is 4.90 Å². The Kier molecular flexibility index (Phi) is 7.97. The molecule has 1 amide bonds. The van der Waals surface area contributed by atoms with Crippen LogP contribution in [-0.2, 0) is 19.0 Å². The molecule has 1 rings (SSSR count). The van der Waals surface area contributed by atoms with Gasteiger partial charge in [-0.1, -0.05) is 13.8 Å². The van der Waals surface area contributed by atoms with E-state index in [-0.39, 0.29) is 11.8 Å². The van der Waals surface area contributed by atoms with E-state index in [1.165, 1.54) is 0 Å². The molecule has 6 heteroatoms. The van der Waals surface area contributed by atoms with E-state index in [2.05, 4.69) is 0 Å². The van der Waals surface area contributed by atoms with E-state index >= 15 is 0 Å². The SMILES string of the molecule is CC(C)[C@H](N)C(=O)N1CCOCCOCCOCC1. The van der Waals surface area contributed by atoms with Crippen LogP contribution in [0.4, 0.5) is 0 Å². The molecule has 1 aliphatic rings. The summed E-state index contributed by atoms with van der Waals surface area (Å²) in [6.07, 6.45) is 0. The van der Waals surface area contributed by atoms with Crippen molar-refractivity contribution in [2.75, 3.05) is 52.7 Å². The fourth-order valence-corrected chi connectivity index (χ4v) is 1.72. The van der Waals surface area contributed by atoms with Crippen molar-refractivity contribution < 1.29 is 19.0 Å². The molecule has 6 nitrogen and oxygen atoms in total. The van der Waals surface area contributed by atoms with Crippen LogP contribution >= 0.6 is 0 Å². The smallest absolute Gasteiger partial charge is 0.239 e. The van der Waals surface area contributed by atoms with Gasteiger partial charge in [0.15, 0.2) is 0 Å². The van der Waals surface area contributed by atoms with Crippen molar-refractivity contribution in [3.63, 3.8) is 0 Å². The molecular formula is C13H26N2O4. The second-order valence-electron chi connectivity index (χ2n) is 4.93. The third-order valence-corrected chi connectivity index (χ3v) is 3.07. The van der Waals surface area contributed by atoms with E-state index in [1.54, 1.807) is 4.90 Å². The predicted octanol–water partition coefficient (Wildman–Crippen LogP) is -0.138. The fraction of sp³-hybridized carbons (Fsp3) is 0.923. The predicted molar refractivity (Wildman–Crippen MR) is 71.9 cm³/mol. The molecule has 0 saturated carbocycles. The first-order valence-corrected chi connectivity index (χ1v) is 6.90. The van der Waals surface area contributed by atoms with Crippen LogP contribution in [0.2, 0.25) is 0 Å². The maximum Gasteiger partial charge on any atom is 0.239 e. The third-order valence-electron chi connectivity index (χ3n) is 3.07. The molecule has 0 aromatic rings. The van der Waals surface area contributed by atoms with Crippen molar-refractivity contribution in [3.05, 3.63) is 0 Å². The Morgan fingerprint density at radius 3 is 1.79 bits per heavy atom. The van der Waals surface area contributed by atoms with Gasteiger partial charge in [0, 0.05) is 13.1 Å². The second kappa shape index (κ2) is 9.25. The average Bonchev–Trinajstić information content (AvgIpc) is 2.37. The quantitative estimate of drug-likeness (QED) is 0.759. The number of rotatable bonds is 2. The van der Waals surface area contributed by atoms with Gasteiger partial charge in [0.25, 0.3) is 0 Å². The summed E-state index contributed by atoms with van der Waals surface area (Å²) < 4.78 is 16.2. The van der Waals surface area contributed by atoms with E-state index < -0.39 is 6.04 Å². The number of carbonyl (C=O) groups is 1. The molecule has 0 aromatic heterocycles. The van der Waals surface area contributed by atoms with E-state index in [1.807, 2.05) is 13.8 Å². The first-order valence-electron chi connectivity index (χ1n) is 6.90. The van der Waals surface area contributed by atoms with Gasteiger partial charge in [0.1, 0.15) is 0 Å². The molecule has 0 radical (unpaired) electrons. The zero-order valence-corrected chi connectivity index (χ0v) is 12.0. The molecule has 0 spiro atoms. The normalized spacial score (nSPS) is 21.6. The molecule has 112 valence electrons. The molecule has 2 N–H and O–H groups in total. The van der Waals surface area contributed by atoms with Gasteiger partial charge in [0.2, 0.25) is 5.91 Å². The van der Waals surface area contributed by atoms with Crippen molar-refractivity contribution >= 4 is 5.91 Å². The number of hydrogen-bond acceptors (Lipinski definition) is 5. The van der Waals surface area contributed by atoms with Crippen LogP contribution in [0.15, 0.2) is 0 Å². The molecule has 0 aromatic carbocycles. The van der Waals surface area contributed by atoms with Gasteiger partial charge in [0.05, 0.1) is 45.7 Å². The van der Waals surface area contributed by atoms with Gasteiger partial charge in [-0.15, -0.1) is 0 Å². The van der Waals surface area contributed by atoms with Crippen molar-refractivity contribution in [2.45, 2.75) is 19.9 Å². The molecule has 1 heterocycles. The Hall–Kier alpha value is -0.690. The summed E-state index contributed by atoms with van der Waals surface area (Å²) in [7, 11) is 0. The van der Waals surface area contributed by atoms with Crippen LogP contribution in [0.5, 0.6) is 0 Å². The summed E-state index contributed by atoms with van der Waals surface area (Å²) in [6.45, 7) is 8.18. The second-order valence-corrected chi connectivity index (χ2v) is 4.93. The fourth-order valence-electron chi connectivity index (χ4n) is 1.72. The number of amides is 1. The maximum atomic E-state index is 12.2. The van der Waals surface area contributed by atoms with Crippen molar-refractivity contribution in [3.8, 4) is 0 Å². The number of nitrogens with zero attached hydrogens (tertiary/aromatic N) is 1. The monoisotopic (exact) mass is 274 g/mol. The zero-order chi connectivity index (χ0) is 14.1. The highest BCUT2D eigenvalue weighted by atomic mass is 16.5. The summed E-state index contributed by atoms with van der Waals surface area (Å²) in [6, 6.07) is -0.462. The minimum atomic E-state index is -0.462. The molecule has 0 unspecified atom stereocenters. The van der Waals surface area contributed by atoms with E-state index in [0.29, 0.717) is 52.7 Å². The van der Waals surface area contributed by atoms with E-state index in [9.17, 15) is 4.79 Å². The van der Waals surface area contributed by atoms with Gasteiger partial charge in [-0.05, 0) is 5.92 Å². The van der Waals surface area contributed by atoms with Gasteiger partial charge in [-0.25, -0.2) is 0 Å². The van der Waals surface area contributed by atoms with Crippen molar-refractivity contribution in [2.24, 2.45) is 11.7 Å². The summed E-state index contributed by atoms with van der Waals surface area (Å²) >= 11 is 0. The maximum absolute atomic E-state index is 12.2. The van der Waals surface area contributed by atoms with Gasteiger partial charge in [-0.3, -0.25) is 4.79 Å². The van der Waals surface area contributed by atoms with Crippen LogP contribution in [0.1, 0.15) is 13.8 Å². The lowest BCUT2D eigenvalue weighted by Crippen LogP contribution is -2.48. The third kappa shape index (κ3) is 6.33.